The largest absolute Gasteiger partial charge is 0.492 e. The summed E-state index contributed by atoms with van der Waals surface area (Å²) in [7, 11) is 0. The van der Waals surface area contributed by atoms with E-state index in [9.17, 15) is 9.59 Å². The van der Waals surface area contributed by atoms with Gasteiger partial charge in [0.2, 0.25) is 11.8 Å². The van der Waals surface area contributed by atoms with Crippen molar-refractivity contribution in [3.63, 3.8) is 0 Å². The van der Waals surface area contributed by atoms with Crippen molar-refractivity contribution in [3.8, 4) is 5.75 Å². The predicted molar refractivity (Wildman–Crippen MR) is 84.8 cm³/mol. The lowest BCUT2D eigenvalue weighted by Gasteiger charge is -2.10. The van der Waals surface area contributed by atoms with E-state index in [1.165, 1.54) is 6.92 Å². The van der Waals surface area contributed by atoms with Crippen LogP contribution in [0.4, 0.5) is 5.69 Å². The van der Waals surface area contributed by atoms with Crippen molar-refractivity contribution in [2.75, 3.05) is 18.5 Å². The van der Waals surface area contributed by atoms with Crippen LogP contribution in [0.1, 0.15) is 20.3 Å². The first kappa shape index (κ1) is 19.2. The van der Waals surface area contributed by atoms with Crippen molar-refractivity contribution in [2.24, 2.45) is 5.73 Å². The van der Waals surface area contributed by atoms with Gasteiger partial charge in [0, 0.05) is 31.1 Å². The third kappa shape index (κ3) is 8.88. The van der Waals surface area contributed by atoms with E-state index in [-0.39, 0.29) is 30.3 Å². The summed E-state index contributed by atoms with van der Waals surface area (Å²) in [6.45, 7) is 4.00. The summed E-state index contributed by atoms with van der Waals surface area (Å²) in [5.41, 5.74) is 6.20. The number of hydrogen-bond acceptors (Lipinski definition) is 4. The van der Waals surface area contributed by atoms with Crippen molar-refractivity contribution >= 4 is 29.9 Å². The Morgan fingerprint density at radius 3 is 2.71 bits per heavy atom. The number of nitrogens with one attached hydrogen (secondary N) is 2. The van der Waals surface area contributed by atoms with Crippen LogP contribution in [-0.2, 0) is 9.59 Å². The van der Waals surface area contributed by atoms with Gasteiger partial charge in [0.1, 0.15) is 12.4 Å². The second-order valence-corrected chi connectivity index (χ2v) is 4.59. The number of carbonyl (C=O) groups excluding carboxylic acids is 2. The van der Waals surface area contributed by atoms with Crippen LogP contribution in [-0.4, -0.2) is 31.0 Å². The molecule has 1 unspecified atom stereocenters. The minimum Gasteiger partial charge on any atom is -0.492 e. The van der Waals surface area contributed by atoms with Crippen LogP contribution >= 0.6 is 12.4 Å². The number of amides is 2. The zero-order chi connectivity index (χ0) is 15.0. The molecule has 2 amide bonds. The molecule has 0 saturated heterocycles. The van der Waals surface area contributed by atoms with Crippen LogP contribution in [0.5, 0.6) is 5.75 Å². The fraction of sp³-hybridized carbons (Fsp3) is 0.429. The number of rotatable bonds is 7. The average molecular weight is 316 g/mol. The smallest absolute Gasteiger partial charge is 0.221 e. The number of carbonyl (C=O) groups is 2. The van der Waals surface area contributed by atoms with Gasteiger partial charge in [0.05, 0.1) is 6.54 Å². The third-order valence-corrected chi connectivity index (χ3v) is 2.35. The highest BCUT2D eigenvalue weighted by molar-refractivity contribution is 5.88. The first-order valence-electron chi connectivity index (χ1n) is 6.50. The lowest BCUT2D eigenvalue weighted by Crippen LogP contribution is -2.32. The number of halogens is 1. The maximum Gasteiger partial charge on any atom is 0.221 e. The monoisotopic (exact) mass is 315 g/mol. The molecule has 0 fully saturated rings. The molecule has 118 valence electrons. The Hall–Kier alpha value is -1.79. The molecule has 7 heteroatoms. The minimum absolute atomic E-state index is 0. The molecular weight excluding hydrogens is 294 g/mol. The summed E-state index contributed by atoms with van der Waals surface area (Å²) in [6, 6.07) is 6.93. The van der Waals surface area contributed by atoms with E-state index in [2.05, 4.69) is 10.6 Å². The van der Waals surface area contributed by atoms with E-state index >= 15 is 0 Å². The van der Waals surface area contributed by atoms with Crippen LogP contribution in [0.3, 0.4) is 0 Å². The van der Waals surface area contributed by atoms with E-state index in [0.29, 0.717) is 31.0 Å². The highest BCUT2D eigenvalue weighted by atomic mass is 35.5. The van der Waals surface area contributed by atoms with Gasteiger partial charge >= 0.3 is 0 Å². The summed E-state index contributed by atoms with van der Waals surface area (Å²) in [5, 5.41) is 5.39. The van der Waals surface area contributed by atoms with Gasteiger partial charge in [-0.05, 0) is 19.1 Å². The molecule has 6 nitrogen and oxygen atoms in total. The van der Waals surface area contributed by atoms with Crippen molar-refractivity contribution in [2.45, 2.75) is 26.3 Å². The molecule has 0 spiro atoms. The van der Waals surface area contributed by atoms with Crippen LogP contribution in [0.15, 0.2) is 24.3 Å². The highest BCUT2D eigenvalue weighted by Crippen LogP contribution is 2.16. The molecule has 1 aromatic rings. The SMILES string of the molecule is CC(=O)Nc1cccc(OCCNC(=O)CC(C)N)c1.Cl. The van der Waals surface area contributed by atoms with Crippen LogP contribution in [0.2, 0.25) is 0 Å². The van der Waals surface area contributed by atoms with E-state index < -0.39 is 0 Å². The maximum atomic E-state index is 11.3. The fourth-order valence-electron chi connectivity index (χ4n) is 1.59. The zero-order valence-corrected chi connectivity index (χ0v) is 13.0. The molecular formula is C14H22ClN3O3. The first-order valence-corrected chi connectivity index (χ1v) is 6.50. The number of nitrogens with two attached hydrogens (primary N) is 1. The normalized spacial score (nSPS) is 11.0. The van der Waals surface area contributed by atoms with Crippen molar-refractivity contribution in [1.82, 2.24) is 5.32 Å². The van der Waals surface area contributed by atoms with Gasteiger partial charge in [0.25, 0.3) is 0 Å². The summed E-state index contributed by atoms with van der Waals surface area (Å²) in [6.07, 6.45) is 0.304. The number of ether oxygens (including phenoxy) is 1. The van der Waals surface area contributed by atoms with Gasteiger partial charge in [-0.2, -0.15) is 0 Å². The Balaban J connectivity index is 0.00000400. The molecule has 0 aliphatic rings. The topological polar surface area (TPSA) is 93.5 Å². The average Bonchev–Trinajstić information content (AvgIpc) is 2.33. The molecule has 1 rings (SSSR count). The zero-order valence-electron chi connectivity index (χ0n) is 12.2. The number of benzene rings is 1. The summed E-state index contributed by atoms with van der Waals surface area (Å²) in [4.78, 5) is 22.3. The third-order valence-electron chi connectivity index (χ3n) is 2.35. The van der Waals surface area contributed by atoms with Gasteiger partial charge in [-0.1, -0.05) is 6.07 Å². The van der Waals surface area contributed by atoms with Gasteiger partial charge in [0.15, 0.2) is 0 Å². The highest BCUT2D eigenvalue weighted by Gasteiger charge is 2.04. The molecule has 0 aromatic heterocycles. The summed E-state index contributed by atoms with van der Waals surface area (Å²) >= 11 is 0. The fourth-order valence-corrected chi connectivity index (χ4v) is 1.59. The molecule has 0 aliphatic carbocycles. The lowest BCUT2D eigenvalue weighted by atomic mass is 10.2. The van der Waals surface area contributed by atoms with E-state index in [0.717, 1.165) is 0 Å². The summed E-state index contributed by atoms with van der Waals surface area (Å²) in [5.74, 6) is 0.415. The van der Waals surface area contributed by atoms with Gasteiger partial charge in [-0.15, -0.1) is 12.4 Å². The Morgan fingerprint density at radius 2 is 2.10 bits per heavy atom. The van der Waals surface area contributed by atoms with E-state index in [1.54, 1.807) is 31.2 Å². The lowest BCUT2D eigenvalue weighted by molar-refractivity contribution is -0.121. The van der Waals surface area contributed by atoms with Crippen LogP contribution in [0, 0.1) is 0 Å². The molecule has 1 aromatic carbocycles. The second-order valence-electron chi connectivity index (χ2n) is 4.59. The molecule has 0 saturated carbocycles. The Kier molecular flexibility index (Phi) is 9.16. The Morgan fingerprint density at radius 1 is 1.38 bits per heavy atom. The molecule has 1 atom stereocenters. The van der Waals surface area contributed by atoms with E-state index in [1.807, 2.05) is 0 Å². The summed E-state index contributed by atoms with van der Waals surface area (Å²) < 4.78 is 5.49. The van der Waals surface area contributed by atoms with E-state index in [4.69, 9.17) is 10.5 Å². The van der Waals surface area contributed by atoms with Crippen LogP contribution in [0.25, 0.3) is 0 Å². The molecule has 0 radical (unpaired) electrons. The molecule has 0 aliphatic heterocycles. The second kappa shape index (κ2) is 10.0. The minimum atomic E-state index is -0.148. The quantitative estimate of drug-likeness (QED) is 0.661. The van der Waals surface area contributed by atoms with Crippen molar-refractivity contribution in [1.29, 1.82) is 0 Å². The van der Waals surface area contributed by atoms with Crippen molar-refractivity contribution < 1.29 is 14.3 Å². The first-order chi connectivity index (χ1) is 9.47. The van der Waals surface area contributed by atoms with Gasteiger partial charge in [-0.25, -0.2) is 0 Å². The number of hydrogen-bond donors (Lipinski definition) is 3. The molecule has 0 bridgehead atoms. The maximum absolute atomic E-state index is 11.3. The molecule has 21 heavy (non-hydrogen) atoms. The molecule has 4 N–H and O–H groups in total. The Labute approximate surface area is 130 Å². The van der Waals surface area contributed by atoms with Crippen molar-refractivity contribution in [3.05, 3.63) is 24.3 Å². The van der Waals surface area contributed by atoms with Gasteiger partial charge < -0.3 is 21.1 Å². The Bertz CT molecular complexity index is 467. The number of anilines is 1. The van der Waals surface area contributed by atoms with Crippen LogP contribution < -0.4 is 21.1 Å². The van der Waals surface area contributed by atoms with Gasteiger partial charge in [-0.3, -0.25) is 9.59 Å². The predicted octanol–water partition coefficient (Wildman–Crippen LogP) is 1.30. The molecule has 0 heterocycles. The standard InChI is InChI=1S/C14H21N3O3.ClH/c1-10(15)8-14(19)16-6-7-20-13-5-3-4-12(9-13)17-11(2)18;/h3-5,9-10H,6-8,15H2,1-2H3,(H,16,19)(H,17,18);1H.